The first kappa shape index (κ1) is 17.3. The highest BCUT2D eigenvalue weighted by Crippen LogP contribution is 2.17. The van der Waals surface area contributed by atoms with Gasteiger partial charge in [-0.3, -0.25) is 0 Å². The van der Waals surface area contributed by atoms with Crippen molar-refractivity contribution in [2.24, 2.45) is 0 Å². The number of benzene rings is 2. The van der Waals surface area contributed by atoms with Gasteiger partial charge in [0.25, 0.3) is 0 Å². The van der Waals surface area contributed by atoms with Crippen LogP contribution in [0.3, 0.4) is 0 Å². The number of carbonyl (C=O) groups is 2. The van der Waals surface area contributed by atoms with Gasteiger partial charge in [-0.15, -0.1) is 0 Å². The standard InChI is InChI=1S/C18H18O6/c19-17(20)23-15(11-13-7-3-1-4-8-13)16(24-18(21)22)12-14-9-5-2-6-10-14/h1-10,15-16H,11-12H2,(H,19,20)(H,21,22). The molecule has 2 aromatic rings. The molecule has 0 heterocycles. The van der Waals surface area contributed by atoms with Gasteiger partial charge in [0, 0.05) is 12.8 Å². The molecular weight excluding hydrogens is 312 g/mol. The van der Waals surface area contributed by atoms with Gasteiger partial charge in [0.05, 0.1) is 0 Å². The van der Waals surface area contributed by atoms with Crippen LogP contribution in [0.4, 0.5) is 9.59 Å². The molecule has 2 aromatic carbocycles. The minimum absolute atomic E-state index is 0.220. The molecule has 2 unspecified atom stereocenters. The van der Waals surface area contributed by atoms with E-state index in [0.717, 1.165) is 11.1 Å². The number of hydrogen-bond acceptors (Lipinski definition) is 4. The van der Waals surface area contributed by atoms with Crippen LogP contribution in [-0.4, -0.2) is 34.7 Å². The zero-order chi connectivity index (χ0) is 17.4. The lowest BCUT2D eigenvalue weighted by Crippen LogP contribution is -2.38. The summed E-state index contributed by atoms with van der Waals surface area (Å²) in [6, 6.07) is 18.2. The van der Waals surface area contributed by atoms with Crippen molar-refractivity contribution >= 4 is 12.3 Å². The van der Waals surface area contributed by atoms with Gasteiger partial charge < -0.3 is 19.7 Å². The fourth-order valence-corrected chi connectivity index (χ4v) is 2.45. The zero-order valence-corrected chi connectivity index (χ0v) is 12.9. The molecule has 2 atom stereocenters. The second-order valence-corrected chi connectivity index (χ2v) is 5.22. The Morgan fingerprint density at radius 3 is 1.33 bits per heavy atom. The molecule has 0 amide bonds. The summed E-state index contributed by atoms with van der Waals surface area (Å²) in [5.74, 6) is 0. The summed E-state index contributed by atoms with van der Waals surface area (Å²) >= 11 is 0. The van der Waals surface area contributed by atoms with E-state index in [2.05, 4.69) is 0 Å². The highest BCUT2D eigenvalue weighted by atomic mass is 16.7. The summed E-state index contributed by atoms with van der Waals surface area (Å²) in [7, 11) is 0. The molecule has 6 nitrogen and oxygen atoms in total. The van der Waals surface area contributed by atoms with Gasteiger partial charge in [-0.05, 0) is 11.1 Å². The van der Waals surface area contributed by atoms with Crippen molar-refractivity contribution in [3.05, 3.63) is 71.8 Å². The molecule has 2 rings (SSSR count). The molecule has 0 aliphatic heterocycles. The Hall–Kier alpha value is -3.02. The van der Waals surface area contributed by atoms with E-state index >= 15 is 0 Å². The van der Waals surface area contributed by atoms with E-state index in [1.54, 1.807) is 0 Å². The molecule has 0 saturated heterocycles. The molecule has 0 aromatic heterocycles. The normalized spacial score (nSPS) is 12.8. The minimum atomic E-state index is -1.47. The maximum absolute atomic E-state index is 11.0. The summed E-state index contributed by atoms with van der Waals surface area (Å²) in [4.78, 5) is 22.0. The second kappa shape index (κ2) is 8.57. The number of hydrogen-bond donors (Lipinski definition) is 2. The first-order chi connectivity index (χ1) is 11.5. The fourth-order valence-electron chi connectivity index (χ4n) is 2.45. The van der Waals surface area contributed by atoms with Crippen LogP contribution in [0.2, 0.25) is 0 Å². The van der Waals surface area contributed by atoms with E-state index in [9.17, 15) is 9.59 Å². The van der Waals surface area contributed by atoms with E-state index < -0.39 is 24.5 Å². The molecule has 0 spiro atoms. The average Bonchev–Trinajstić information content (AvgIpc) is 2.55. The minimum Gasteiger partial charge on any atom is -0.450 e. The molecule has 0 bridgehead atoms. The molecule has 0 saturated carbocycles. The number of rotatable bonds is 7. The van der Waals surface area contributed by atoms with Gasteiger partial charge >= 0.3 is 12.3 Å². The first-order valence-corrected chi connectivity index (χ1v) is 7.41. The largest absolute Gasteiger partial charge is 0.506 e. The Labute approximate surface area is 139 Å². The van der Waals surface area contributed by atoms with Crippen molar-refractivity contribution in [3.63, 3.8) is 0 Å². The van der Waals surface area contributed by atoms with Crippen molar-refractivity contribution in [1.29, 1.82) is 0 Å². The van der Waals surface area contributed by atoms with Crippen LogP contribution in [0.1, 0.15) is 11.1 Å². The van der Waals surface area contributed by atoms with Gasteiger partial charge in [0.2, 0.25) is 0 Å². The molecule has 126 valence electrons. The third kappa shape index (κ3) is 5.64. The van der Waals surface area contributed by atoms with Crippen LogP contribution in [0, 0.1) is 0 Å². The quantitative estimate of drug-likeness (QED) is 0.754. The Balaban J connectivity index is 2.21. The van der Waals surface area contributed by atoms with E-state index in [1.165, 1.54) is 0 Å². The maximum Gasteiger partial charge on any atom is 0.506 e. The molecule has 0 aliphatic carbocycles. The van der Waals surface area contributed by atoms with Crippen LogP contribution < -0.4 is 0 Å². The lowest BCUT2D eigenvalue weighted by molar-refractivity contribution is -0.0396. The molecule has 24 heavy (non-hydrogen) atoms. The lowest BCUT2D eigenvalue weighted by Gasteiger charge is -2.25. The van der Waals surface area contributed by atoms with Crippen molar-refractivity contribution in [2.45, 2.75) is 25.0 Å². The molecule has 0 fully saturated rings. The van der Waals surface area contributed by atoms with E-state index in [4.69, 9.17) is 19.7 Å². The topological polar surface area (TPSA) is 93.1 Å². The second-order valence-electron chi connectivity index (χ2n) is 5.22. The highest BCUT2D eigenvalue weighted by Gasteiger charge is 2.29. The Morgan fingerprint density at radius 2 is 1.04 bits per heavy atom. The van der Waals surface area contributed by atoms with Crippen LogP contribution in [0.25, 0.3) is 0 Å². The van der Waals surface area contributed by atoms with E-state index in [0.29, 0.717) is 0 Å². The monoisotopic (exact) mass is 330 g/mol. The Kier molecular flexibility index (Phi) is 6.19. The molecule has 0 aliphatic rings. The predicted octanol–water partition coefficient (Wildman–Crippen LogP) is 3.60. The van der Waals surface area contributed by atoms with Gasteiger partial charge in [0.15, 0.2) is 0 Å². The average molecular weight is 330 g/mol. The highest BCUT2D eigenvalue weighted by molar-refractivity contribution is 5.58. The van der Waals surface area contributed by atoms with Gasteiger partial charge in [-0.1, -0.05) is 60.7 Å². The lowest BCUT2D eigenvalue weighted by atomic mass is 9.98. The third-order valence-electron chi connectivity index (χ3n) is 3.48. The smallest absolute Gasteiger partial charge is 0.450 e. The predicted molar refractivity (Wildman–Crippen MR) is 86.1 cm³/mol. The number of carboxylic acid groups (broad SMARTS) is 2. The van der Waals surface area contributed by atoms with Crippen LogP contribution >= 0.6 is 0 Å². The van der Waals surface area contributed by atoms with E-state index in [1.807, 2.05) is 60.7 Å². The maximum atomic E-state index is 11.0. The van der Waals surface area contributed by atoms with Gasteiger partial charge in [-0.25, -0.2) is 9.59 Å². The SMILES string of the molecule is O=C(O)OC(Cc1ccccc1)C(Cc1ccccc1)OC(=O)O. The first-order valence-electron chi connectivity index (χ1n) is 7.41. The van der Waals surface area contributed by atoms with Crippen molar-refractivity contribution < 1.29 is 29.3 Å². The molecular formula is C18H18O6. The zero-order valence-electron chi connectivity index (χ0n) is 12.9. The fraction of sp³-hybridized carbons (Fsp3) is 0.222. The van der Waals surface area contributed by atoms with Gasteiger partial charge in [-0.2, -0.15) is 0 Å². The summed E-state index contributed by atoms with van der Waals surface area (Å²) in [6.45, 7) is 0. The van der Waals surface area contributed by atoms with Crippen LogP contribution in [0.5, 0.6) is 0 Å². The summed E-state index contributed by atoms with van der Waals surface area (Å²) in [5.41, 5.74) is 1.66. The summed E-state index contributed by atoms with van der Waals surface area (Å²) in [6.07, 6.45) is -4.39. The molecule has 6 heteroatoms. The third-order valence-corrected chi connectivity index (χ3v) is 3.48. The molecule has 0 radical (unpaired) electrons. The Morgan fingerprint density at radius 1 is 0.708 bits per heavy atom. The van der Waals surface area contributed by atoms with Crippen molar-refractivity contribution in [1.82, 2.24) is 0 Å². The summed E-state index contributed by atoms with van der Waals surface area (Å²) < 4.78 is 9.84. The van der Waals surface area contributed by atoms with Crippen LogP contribution in [-0.2, 0) is 22.3 Å². The van der Waals surface area contributed by atoms with Gasteiger partial charge in [0.1, 0.15) is 12.2 Å². The Bertz CT molecular complexity index is 596. The van der Waals surface area contributed by atoms with Crippen LogP contribution in [0.15, 0.2) is 60.7 Å². The van der Waals surface area contributed by atoms with Crippen molar-refractivity contribution in [3.8, 4) is 0 Å². The van der Waals surface area contributed by atoms with Crippen molar-refractivity contribution in [2.75, 3.05) is 0 Å². The molecule has 2 N–H and O–H groups in total. The number of ether oxygens (including phenoxy) is 2. The summed E-state index contributed by atoms with van der Waals surface area (Å²) in [5, 5.41) is 18.0. The van der Waals surface area contributed by atoms with E-state index in [-0.39, 0.29) is 12.8 Å².